The zero-order chi connectivity index (χ0) is 16.5. The van der Waals surface area contributed by atoms with E-state index in [1.165, 1.54) is 0 Å². The maximum Gasteiger partial charge on any atom is 0.119 e. The van der Waals surface area contributed by atoms with Crippen LogP contribution in [0, 0.1) is 22.7 Å². The lowest BCUT2D eigenvalue weighted by molar-refractivity contribution is 0.304. The van der Waals surface area contributed by atoms with Gasteiger partial charge in [0.25, 0.3) is 0 Å². The third-order valence-corrected chi connectivity index (χ3v) is 3.38. The lowest BCUT2D eigenvalue weighted by Gasteiger charge is -2.11. The molecule has 1 unspecified atom stereocenters. The first-order valence-corrected chi connectivity index (χ1v) is 7.52. The Kier molecular flexibility index (Phi) is 6.03. The highest BCUT2D eigenvalue weighted by atomic mass is 16.5. The van der Waals surface area contributed by atoms with Gasteiger partial charge in [-0.2, -0.15) is 10.5 Å². The largest absolute Gasteiger partial charge is 0.494 e. The molecule has 23 heavy (non-hydrogen) atoms. The summed E-state index contributed by atoms with van der Waals surface area (Å²) in [5.74, 6) is 1.27. The van der Waals surface area contributed by atoms with Crippen molar-refractivity contribution in [1.29, 1.82) is 10.5 Å². The molecule has 0 saturated heterocycles. The van der Waals surface area contributed by atoms with E-state index >= 15 is 0 Å². The maximum absolute atomic E-state index is 9.33. The van der Waals surface area contributed by atoms with E-state index in [4.69, 9.17) is 14.7 Å². The number of nitrogens with zero attached hydrogens (tertiary/aromatic N) is 2. The van der Waals surface area contributed by atoms with Gasteiger partial charge in [0.2, 0.25) is 0 Å². The van der Waals surface area contributed by atoms with Gasteiger partial charge < -0.3 is 9.47 Å². The molecule has 0 heterocycles. The summed E-state index contributed by atoms with van der Waals surface area (Å²) in [5.41, 5.74) is 1.41. The second-order valence-corrected chi connectivity index (χ2v) is 4.96. The predicted molar refractivity (Wildman–Crippen MR) is 87.2 cm³/mol. The van der Waals surface area contributed by atoms with Gasteiger partial charge in [0, 0.05) is 6.42 Å². The van der Waals surface area contributed by atoms with Crippen LogP contribution in [-0.2, 0) is 0 Å². The average Bonchev–Trinajstić information content (AvgIpc) is 2.60. The van der Waals surface area contributed by atoms with Crippen molar-refractivity contribution < 1.29 is 9.47 Å². The fourth-order valence-corrected chi connectivity index (χ4v) is 2.22. The molecule has 1 atom stereocenters. The Hall–Kier alpha value is -2.98. The molecule has 0 fully saturated rings. The summed E-state index contributed by atoms with van der Waals surface area (Å²) in [6, 6.07) is 18.9. The van der Waals surface area contributed by atoms with E-state index in [9.17, 15) is 5.26 Å². The van der Waals surface area contributed by atoms with Crippen LogP contribution in [0.2, 0.25) is 0 Å². The third kappa shape index (κ3) is 4.76. The SMILES string of the molecule is CCOc1ccc(OCCC(C#N)c2cccc(C#N)c2)cc1. The van der Waals surface area contributed by atoms with Crippen molar-refractivity contribution in [3.8, 4) is 23.6 Å². The quantitative estimate of drug-likeness (QED) is 0.774. The lowest BCUT2D eigenvalue weighted by atomic mass is 9.96. The van der Waals surface area contributed by atoms with Crippen LogP contribution < -0.4 is 9.47 Å². The summed E-state index contributed by atoms with van der Waals surface area (Å²) in [5, 5.41) is 18.3. The fraction of sp³-hybridized carbons (Fsp3) is 0.263. The molecule has 2 aromatic rings. The van der Waals surface area contributed by atoms with E-state index in [0.29, 0.717) is 25.2 Å². The predicted octanol–water partition coefficient (Wildman–Crippen LogP) is 4.03. The molecule has 0 aromatic heterocycles. The van der Waals surface area contributed by atoms with E-state index < -0.39 is 0 Å². The summed E-state index contributed by atoms with van der Waals surface area (Å²) >= 11 is 0. The highest BCUT2D eigenvalue weighted by molar-refractivity contribution is 5.36. The molecule has 0 radical (unpaired) electrons. The summed E-state index contributed by atoms with van der Waals surface area (Å²) in [7, 11) is 0. The normalized spacial score (nSPS) is 11.1. The van der Waals surface area contributed by atoms with E-state index in [0.717, 1.165) is 17.1 Å². The monoisotopic (exact) mass is 306 g/mol. The first kappa shape index (κ1) is 16.4. The Morgan fingerprint density at radius 3 is 2.30 bits per heavy atom. The first-order chi connectivity index (χ1) is 11.3. The minimum atomic E-state index is -0.286. The number of benzene rings is 2. The van der Waals surface area contributed by atoms with Crippen molar-refractivity contribution in [1.82, 2.24) is 0 Å². The minimum Gasteiger partial charge on any atom is -0.494 e. The van der Waals surface area contributed by atoms with Gasteiger partial charge >= 0.3 is 0 Å². The standard InChI is InChI=1S/C19H18N2O2/c1-2-22-18-6-8-19(9-7-18)23-11-10-17(14-21)16-5-3-4-15(12-16)13-20/h3-9,12,17H,2,10-11H2,1H3. The molecule has 0 amide bonds. The van der Waals surface area contributed by atoms with Crippen LogP contribution in [0.15, 0.2) is 48.5 Å². The Bertz CT molecular complexity index is 711. The number of ether oxygens (including phenoxy) is 2. The number of hydrogen-bond acceptors (Lipinski definition) is 4. The van der Waals surface area contributed by atoms with E-state index in [2.05, 4.69) is 12.1 Å². The van der Waals surface area contributed by atoms with E-state index in [-0.39, 0.29) is 5.92 Å². The van der Waals surface area contributed by atoms with E-state index in [1.807, 2.05) is 37.3 Å². The van der Waals surface area contributed by atoms with Crippen LogP contribution in [-0.4, -0.2) is 13.2 Å². The van der Waals surface area contributed by atoms with Gasteiger partial charge in [0.05, 0.1) is 36.8 Å². The highest BCUT2D eigenvalue weighted by Crippen LogP contribution is 2.22. The summed E-state index contributed by atoms with van der Waals surface area (Å²) in [6.45, 7) is 3.00. The Labute approximate surface area is 136 Å². The Morgan fingerprint density at radius 2 is 1.70 bits per heavy atom. The molecular weight excluding hydrogens is 288 g/mol. The van der Waals surface area contributed by atoms with Gasteiger partial charge in [-0.05, 0) is 48.9 Å². The number of rotatable bonds is 7. The van der Waals surface area contributed by atoms with Gasteiger partial charge in [0.15, 0.2) is 0 Å². The van der Waals surface area contributed by atoms with Crippen LogP contribution >= 0.6 is 0 Å². The van der Waals surface area contributed by atoms with Crippen LogP contribution in [0.1, 0.15) is 30.4 Å². The Morgan fingerprint density at radius 1 is 1.00 bits per heavy atom. The van der Waals surface area contributed by atoms with Gasteiger partial charge in [-0.15, -0.1) is 0 Å². The van der Waals surface area contributed by atoms with Gasteiger partial charge in [-0.25, -0.2) is 0 Å². The smallest absolute Gasteiger partial charge is 0.119 e. The van der Waals surface area contributed by atoms with Crippen LogP contribution in [0.25, 0.3) is 0 Å². The Balaban J connectivity index is 1.91. The molecule has 0 aliphatic carbocycles. The second kappa shape index (κ2) is 8.46. The summed E-state index contributed by atoms with van der Waals surface area (Å²) in [4.78, 5) is 0. The first-order valence-electron chi connectivity index (χ1n) is 7.52. The van der Waals surface area contributed by atoms with Gasteiger partial charge in [0.1, 0.15) is 11.5 Å². The molecule has 2 aromatic carbocycles. The molecule has 0 aliphatic rings. The average molecular weight is 306 g/mol. The maximum atomic E-state index is 9.33. The fourth-order valence-electron chi connectivity index (χ4n) is 2.22. The molecule has 116 valence electrons. The van der Waals surface area contributed by atoms with Crippen molar-refractivity contribution in [3.63, 3.8) is 0 Å². The van der Waals surface area contributed by atoms with E-state index in [1.54, 1.807) is 18.2 Å². The van der Waals surface area contributed by atoms with Crippen molar-refractivity contribution in [2.75, 3.05) is 13.2 Å². The second-order valence-electron chi connectivity index (χ2n) is 4.96. The lowest BCUT2D eigenvalue weighted by Crippen LogP contribution is -2.05. The number of hydrogen-bond donors (Lipinski definition) is 0. The molecule has 2 rings (SSSR count). The van der Waals surface area contributed by atoms with Crippen molar-refractivity contribution in [2.24, 2.45) is 0 Å². The minimum absolute atomic E-state index is 0.286. The van der Waals surface area contributed by atoms with Crippen LogP contribution in [0.5, 0.6) is 11.5 Å². The molecule has 0 bridgehead atoms. The molecule has 0 N–H and O–H groups in total. The molecule has 4 nitrogen and oxygen atoms in total. The van der Waals surface area contributed by atoms with Crippen molar-refractivity contribution >= 4 is 0 Å². The molecule has 0 aliphatic heterocycles. The summed E-state index contributed by atoms with van der Waals surface area (Å²) in [6.07, 6.45) is 0.568. The zero-order valence-electron chi connectivity index (χ0n) is 13.0. The van der Waals surface area contributed by atoms with Crippen LogP contribution in [0.4, 0.5) is 0 Å². The topological polar surface area (TPSA) is 66.0 Å². The van der Waals surface area contributed by atoms with Crippen molar-refractivity contribution in [2.45, 2.75) is 19.3 Å². The molecule has 0 spiro atoms. The zero-order valence-corrected chi connectivity index (χ0v) is 13.0. The molecule has 4 heteroatoms. The van der Waals surface area contributed by atoms with Gasteiger partial charge in [-0.1, -0.05) is 12.1 Å². The van der Waals surface area contributed by atoms with Gasteiger partial charge in [-0.3, -0.25) is 0 Å². The summed E-state index contributed by atoms with van der Waals surface area (Å²) < 4.78 is 11.1. The number of nitriles is 2. The third-order valence-electron chi connectivity index (χ3n) is 3.38. The molecular formula is C19H18N2O2. The van der Waals surface area contributed by atoms with Crippen molar-refractivity contribution in [3.05, 3.63) is 59.7 Å². The highest BCUT2D eigenvalue weighted by Gasteiger charge is 2.11. The molecule has 0 saturated carbocycles. The van der Waals surface area contributed by atoms with Crippen LogP contribution in [0.3, 0.4) is 0 Å².